The molecule has 6 heteroatoms. The second-order valence-electron chi connectivity index (χ2n) is 4.94. The van der Waals surface area contributed by atoms with Crippen molar-refractivity contribution in [3.8, 4) is 0 Å². The lowest BCUT2D eigenvalue weighted by Gasteiger charge is -2.10. The number of hydrogen-bond donors (Lipinski definition) is 1. The maximum atomic E-state index is 12.0. The topological polar surface area (TPSA) is 64.7 Å². The normalized spacial score (nSPS) is 11.0. The van der Waals surface area contributed by atoms with Crippen molar-refractivity contribution in [2.24, 2.45) is 7.05 Å². The second-order valence-corrected chi connectivity index (χ2v) is 4.94. The van der Waals surface area contributed by atoms with E-state index in [4.69, 9.17) is 0 Å². The highest BCUT2D eigenvalue weighted by atomic mass is 16.1. The molecule has 102 valence electrons. The maximum absolute atomic E-state index is 12.0. The monoisotopic (exact) mass is 261 g/mol. The Kier molecular flexibility index (Phi) is 3.69. The summed E-state index contributed by atoms with van der Waals surface area (Å²) in [6.07, 6.45) is 1.67. The summed E-state index contributed by atoms with van der Waals surface area (Å²) in [5.74, 6) is 0. The number of nitrogens with one attached hydrogen (secondary N) is 1. The number of anilines is 1. The molecule has 0 atom stereocenters. The number of hydrogen-bond acceptors (Lipinski definition) is 4. The smallest absolute Gasteiger partial charge is 0.269 e. The van der Waals surface area contributed by atoms with Gasteiger partial charge in [0.25, 0.3) is 5.56 Å². The zero-order valence-corrected chi connectivity index (χ0v) is 11.7. The molecule has 1 N–H and O–H groups in total. The van der Waals surface area contributed by atoms with Crippen LogP contribution in [0.3, 0.4) is 0 Å². The van der Waals surface area contributed by atoms with Crippen LogP contribution in [0.5, 0.6) is 0 Å². The van der Waals surface area contributed by atoms with Crippen LogP contribution in [0.1, 0.15) is 25.2 Å². The number of aryl methyl sites for hydroxylation is 2. The van der Waals surface area contributed by atoms with Gasteiger partial charge in [-0.1, -0.05) is 0 Å². The van der Waals surface area contributed by atoms with Crippen LogP contribution in [0.15, 0.2) is 23.1 Å². The quantitative estimate of drug-likeness (QED) is 0.896. The van der Waals surface area contributed by atoms with Crippen molar-refractivity contribution in [3.63, 3.8) is 0 Å². The van der Waals surface area contributed by atoms with Crippen LogP contribution in [0.2, 0.25) is 0 Å². The van der Waals surface area contributed by atoms with E-state index in [1.165, 1.54) is 4.68 Å². The lowest BCUT2D eigenvalue weighted by molar-refractivity contribution is 0.591. The van der Waals surface area contributed by atoms with E-state index in [2.05, 4.69) is 15.5 Å². The van der Waals surface area contributed by atoms with E-state index in [9.17, 15) is 4.79 Å². The average molecular weight is 261 g/mol. The van der Waals surface area contributed by atoms with Crippen molar-refractivity contribution in [2.75, 3.05) is 5.32 Å². The number of nitrogens with zero attached hydrogens (tertiary/aromatic N) is 4. The molecule has 19 heavy (non-hydrogen) atoms. The Morgan fingerprint density at radius 1 is 1.37 bits per heavy atom. The van der Waals surface area contributed by atoms with Crippen LogP contribution in [-0.2, 0) is 13.6 Å². The minimum Gasteiger partial charge on any atom is -0.381 e. The lowest BCUT2D eigenvalue weighted by atomic mass is 10.3. The molecule has 0 unspecified atom stereocenters. The van der Waals surface area contributed by atoms with Gasteiger partial charge in [-0.3, -0.25) is 9.48 Å². The Morgan fingerprint density at radius 2 is 2.11 bits per heavy atom. The predicted molar refractivity (Wildman–Crippen MR) is 74.3 cm³/mol. The first-order valence-electron chi connectivity index (χ1n) is 6.29. The lowest BCUT2D eigenvalue weighted by Crippen LogP contribution is -2.25. The first-order chi connectivity index (χ1) is 8.95. The van der Waals surface area contributed by atoms with Crippen LogP contribution >= 0.6 is 0 Å². The fourth-order valence-corrected chi connectivity index (χ4v) is 1.93. The van der Waals surface area contributed by atoms with Gasteiger partial charge in [-0.25, -0.2) is 4.68 Å². The van der Waals surface area contributed by atoms with Crippen molar-refractivity contribution < 1.29 is 0 Å². The van der Waals surface area contributed by atoms with Gasteiger partial charge in [0, 0.05) is 19.2 Å². The molecule has 0 aliphatic rings. The number of aromatic nitrogens is 4. The average Bonchev–Trinajstić information content (AvgIpc) is 2.60. The van der Waals surface area contributed by atoms with Crippen LogP contribution < -0.4 is 10.9 Å². The van der Waals surface area contributed by atoms with Gasteiger partial charge in [0.1, 0.15) is 0 Å². The van der Waals surface area contributed by atoms with E-state index in [-0.39, 0.29) is 11.6 Å². The largest absolute Gasteiger partial charge is 0.381 e. The van der Waals surface area contributed by atoms with E-state index in [1.807, 2.05) is 33.9 Å². The predicted octanol–water partition coefficient (Wildman–Crippen LogP) is 1.15. The minimum absolute atomic E-state index is 0.121. The third-order valence-corrected chi connectivity index (χ3v) is 2.74. The summed E-state index contributed by atoms with van der Waals surface area (Å²) in [5, 5.41) is 11.6. The van der Waals surface area contributed by atoms with Crippen molar-refractivity contribution in [1.82, 2.24) is 19.6 Å². The van der Waals surface area contributed by atoms with Crippen molar-refractivity contribution in [2.45, 2.75) is 33.4 Å². The van der Waals surface area contributed by atoms with Gasteiger partial charge < -0.3 is 5.32 Å². The van der Waals surface area contributed by atoms with Crippen molar-refractivity contribution in [3.05, 3.63) is 40.1 Å². The van der Waals surface area contributed by atoms with Gasteiger partial charge in [0.2, 0.25) is 0 Å². The fraction of sp³-hybridized carbons (Fsp3) is 0.462. The zero-order valence-electron chi connectivity index (χ0n) is 11.7. The van der Waals surface area contributed by atoms with Crippen LogP contribution in [0.25, 0.3) is 0 Å². The molecule has 0 aliphatic carbocycles. The molecular formula is C13H19N5O. The molecule has 0 amide bonds. The molecule has 2 rings (SSSR count). The Morgan fingerprint density at radius 3 is 2.63 bits per heavy atom. The summed E-state index contributed by atoms with van der Waals surface area (Å²) < 4.78 is 3.20. The standard InChI is InChI=1S/C13H19N5O/c1-9(2)15-11-6-13(19)18(14-7-11)8-12-5-10(3)16-17(12)4/h5-7,9,15H,8H2,1-4H3. The van der Waals surface area contributed by atoms with Crippen LogP contribution in [0.4, 0.5) is 5.69 Å². The zero-order chi connectivity index (χ0) is 14.0. The van der Waals surface area contributed by atoms with E-state index in [0.29, 0.717) is 6.54 Å². The summed E-state index contributed by atoms with van der Waals surface area (Å²) in [6, 6.07) is 3.79. The molecule has 0 aliphatic heterocycles. The molecule has 0 spiro atoms. The molecule has 0 bridgehead atoms. The minimum atomic E-state index is -0.121. The summed E-state index contributed by atoms with van der Waals surface area (Å²) in [6.45, 7) is 6.39. The van der Waals surface area contributed by atoms with Gasteiger partial charge in [0.15, 0.2) is 0 Å². The highest BCUT2D eigenvalue weighted by molar-refractivity contribution is 5.39. The molecular weight excluding hydrogens is 242 g/mol. The molecule has 0 saturated carbocycles. The van der Waals surface area contributed by atoms with Gasteiger partial charge in [0.05, 0.1) is 29.8 Å². The summed E-state index contributed by atoms with van der Waals surface area (Å²) in [4.78, 5) is 12.0. The van der Waals surface area contributed by atoms with Crippen molar-refractivity contribution >= 4 is 5.69 Å². The van der Waals surface area contributed by atoms with Crippen LogP contribution in [0, 0.1) is 6.92 Å². The van der Waals surface area contributed by atoms with E-state index < -0.39 is 0 Å². The van der Waals surface area contributed by atoms with Gasteiger partial charge in [-0.2, -0.15) is 10.2 Å². The van der Waals surface area contributed by atoms with Gasteiger partial charge in [-0.15, -0.1) is 0 Å². The third kappa shape index (κ3) is 3.21. The molecule has 2 aromatic rings. The molecule has 2 heterocycles. The Labute approximate surface area is 112 Å². The first-order valence-corrected chi connectivity index (χ1v) is 6.29. The SMILES string of the molecule is Cc1cc(Cn2ncc(NC(C)C)cc2=O)n(C)n1. The van der Waals surface area contributed by atoms with E-state index in [0.717, 1.165) is 17.1 Å². The Bertz CT molecular complexity index is 626. The molecule has 0 saturated heterocycles. The molecule has 0 fully saturated rings. The van der Waals surface area contributed by atoms with Gasteiger partial charge in [-0.05, 0) is 26.8 Å². The summed E-state index contributed by atoms with van der Waals surface area (Å²) in [7, 11) is 1.86. The van der Waals surface area contributed by atoms with Crippen molar-refractivity contribution in [1.29, 1.82) is 0 Å². The molecule has 0 aromatic carbocycles. The highest BCUT2D eigenvalue weighted by Gasteiger charge is 2.06. The third-order valence-electron chi connectivity index (χ3n) is 2.74. The van der Waals surface area contributed by atoms with Crippen LogP contribution in [-0.4, -0.2) is 25.6 Å². The fourth-order valence-electron chi connectivity index (χ4n) is 1.93. The molecule has 6 nitrogen and oxygen atoms in total. The Hall–Kier alpha value is -2.11. The second kappa shape index (κ2) is 5.26. The van der Waals surface area contributed by atoms with Gasteiger partial charge >= 0.3 is 0 Å². The maximum Gasteiger partial charge on any atom is 0.269 e. The van der Waals surface area contributed by atoms with E-state index >= 15 is 0 Å². The summed E-state index contributed by atoms with van der Waals surface area (Å²) >= 11 is 0. The highest BCUT2D eigenvalue weighted by Crippen LogP contribution is 2.05. The molecule has 2 aromatic heterocycles. The Balaban J connectivity index is 2.22. The molecule has 0 radical (unpaired) electrons. The summed E-state index contributed by atoms with van der Waals surface area (Å²) in [5.41, 5.74) is 2.52. The number of rotatable bonds is 4. The van der Waals surface area contributed by atoms with E-state index in [1.54, 1.807) is 16.9 Å². The first kappa shape index (κ1) is 13.3.